The molecule has 1 aliphatic heterocycles. The van der Waals surface area contributed by atoms with Gasteiger partial charge in [0, 0.05) is 24.8 Å². The Kier molecular flexibility index (Phi) is 3.80. The van der Waals surface area contributed by atoms with Gasteiger partial charge >= 0.3 is 0 Å². The Hall–Kier alpha value is -1.06. The topological polar surface area (TPSA) is 30.5 Å². The molecular formula is C13H19NO2. The summed E-state index contributed by atoms with van der Waals surface area (Å²) in [5.41, 5.74) is 1.13. The molecule has 0 aromatic heterocycles. The fourth-order valence-corrected chi connectivity index (χ4v) is 1.99. The number of benzene rings is 1. The first-order valence-electron chi connectivity index (χ1n) is 5.79. The SMILES string of the molecule is COc1ccccc1C1CNC(C)CCO1. The Morgan fingerprint density at radius 2 is 2.19 bits per heavy atom. The number of hydrogen-bond donors (Lipinski definition) is 1. The second-order valence-electron chi connectivity index (χ2n) is 4.20. The number of nitrogens with one attached hydrogen (secondary N) is 1. The minimum Gasteiger partial charge on any atom is -0.496 e. The van der Waals surface area contributed by atoms with Crippen LogP contribution in [0.3, 0.4) is 0 Å². The van der Waals surface area contributed by atoms with E-state index in [0.717, 1.165) is 30.9 Å². The zero-order chi connectivity index (χ0) is 11.4. The first kappa shape index (κ1) is 11.4. The fourth-order valence-electron chi connectivity index (χ4n) is 1.99. The zero-order valence-corrected chi connectivity index (χ0v) is 9.90. The van der Waals surface area contributed by atoms with Gasteiger partial charge in [0.2, 0.25) is 0 Å². The molecule has 0 radical (unpaired) electrons. The smallest absolute Gasteiger partial charge is 0.124 e. The summed E-state index contributed by atoms with van der Waals surface area (Å²) in [6.07, 6.45) is 1.16. The van der Waals surface area contributed by atoms with Gasteiger partial charge in [-0.15, -0.1) is 0 Å². The maximum Gasteiger partial charge on any atom is 0.124 e. The Labute approximate surface area is 96.8 Å². The average Bonchev–Trinajstić information content (AvgIpc) is 2.54. The van der Waals surface area contributed by atoms with Crippen molar-refractivity contribution in [1.82, 2.24) is 5.32 Å². The van der Waals surface area contributed by atoms with Crippen molar-refractivity contribution in [2.24, 2.45) is 0 Å². The van der Waals surface area contributed by atoms with Crippen molar-refractivity contribution in [2.45, 2.75) is 25.5 Å². The fraction of sp³-hybridized carbons (Fsp3) is 0.538. The van der Waals surface area contributed by atoms with Crippen molar-refractivity contribution in [1.29, 1.82) is 0 Å². The summed E-state index contributed by atoms with van der Waals surface area (Å²) in [5.74, 6) is 0.906. The van der Waals surface area contributed by atoms with E-state index in [2.05, 4.69) is 18.3 Å². The third kappa shape index (κ3) is 2.54. The molecule has 0 spiro atoms. The van der Waals surface area contributed by atoms with Crippen LogP contribution in [0.4, 0.5) is 0 Å². The second kappa shape index (κ2) is 5.32. The molecule has 2 unspecified atom stereocenters. The van der Waals surface area contributed by atoms with Crippen molar-refractivity contribution >= 4 is 0 Å². The zero-order valence-electron chi connectivity index (χ0n) is 9.90. The molecule has 2 rings (SSSR count). The molecule has 16 heavy (non-hydrogen) atoms. The lowest BCUT2D eigenvalue weighted by Crippen LogP contribution is -2.27. The highest BCUT2D eigenvalue weighted by Gasteiger charge is 2.20. The third-order valence-corrected chi connectivity index (χ3v) is 3.01. The predicted molar refractivity (Wildman–Crippen MR) is 63.8 cm³/mol. The van der Waals surface area contributed by atoms with E-state index < -0.39 is 0 Å². The number of methoxy groups -OCH3 is 1. The molecule has 1 heterocycles. The molecule has 1 aliphatic rings. The lowest BCUT2D eigenvalue weighted by molar-refractivity contribution is 0.0647. The summed E-state index contributed by atoms with van der Waals surface area (Å²) < 4.78 is 11.2. The Morgan fingerprint density at radius 1 is 1.38 bits per heavy atom. The van der Waals surface area contributed by atoms with Crippen LogP contribution in [-0.4, -0.2) is 26.3 Å². The Bertz CT molecular complexity index is 340. The van der Waals surface area contributed by atoms with E-state index >= 15 is 0 Å². The van der Waals surface area contributed by atoms with Crippen molar-refractivity contribution in [3.8, 4) is 5.75 Å². The molecule has 3 nitrogen and oxygen atoms in total. The summed E-state index contributed by atoms with van der Waals surface area (Å²) in [7, 11) is 1.70. The van der Waals surface area contributed by atoms with Crippen LogP contribution in [-0.2, 0) is 4.74 Å². The Morgan fingerprint density at radius 3 is 3.00 bits per heavy atom. The molecule has 0 saturated carbocycles. The number of ether oxygens (including phenoxy) is 2. The van der Waals surface area contributed by atoms with E-state index in [-0.39, 0.29) is 6.10 Å². The van der Waals surface area contributed by atoms with Crippen molar-refractivity contribution in [3.63, 3.8) is 0 Å². The van der Waals surface area contributed by atoms with Crippen molar-refractivity contribution in [3.05, 3.63) is 29.8 Å². The summed E-state index contributed by atoms with van der Waals surface area (Å²) in [4.78, 5) is 0. The van der Waals surface area contributed by atoms with E-state index in [1.807, 2.05) is 18.2 Å². The minimum atomic E-state index is 0.0982. The molecule has 88 valence electrons. The van der Waals surface area contributed by atoms with E-state index in [4.69, 9.17) is 9.47 Å². The normalized spacial score (nSPS) is 26.1. The predicted octanol–water partition coefficient (Wildman–Crippen LogP) is 2.13. The minimum absolute atomic E-state index is 0.0982. The molecule has 0 amide bonds. The molecule has 0 aliphatic carbocycles. The van der Waals surface area contributed by atoms with Crippen LogP contribution in [0.2, 0.25) is 0 Å². The van der Waals surface area contributed by atoms with Gasteiger partial charge in [-0.1, -0.05) is 18.2 Å². The van der Waals surface area contributed by atoms with E-state index in [9.17, 15) is 0 Å². The number of rotatable bonds is 2. The molecule has 1 N–H and O–H groups in total. The molecule has 1 aromatic carbocycles. The molecule has 3 heteroatoms. The average molecular weight is 221 g/mol. The summed E-state index contributed by atoms with van der Waals surface area (Å²) in [6, 6.07) is 8.58. The highest BCUT2D eigenvalue weighted by atomic mass is 16.5. The van der Waals surface area contributed by atoms with Gasteiger partial charge in [-0.25, -0.2) is 0 Å². The molecule has 1 aromatic rings. The molecule has 1 fully saturated rings. The molecule has 1 saturated heterocycles. The van der Waals surface area contributed by atoms with Gasteiger partial charge in [0.15, 0.2) is 0 Å². The van der Waals surface area contributed by atoms with Gasteiger partial charge in [-0.3, -0.25) is 0 Å². The third-order valence-electron chi connectivity index (χ3n) is 3.01. The maximum absolute atomic E-state index is 5.86. The van der Waals surface area contributed by atoms with Gasteiger partial charge in [0.25, 0.3) is 0 Å². The number of hydrogen-bond acceptors (Lipinski definition) is 3. The molecule has 2 atom stereocenters. The van der Waals surface area contributed by atoms with Gasteiger partial charge in [-0.2, -0.15) is 0 Å². The first-order valence-corrected chi connectivity index (χ1v) is 5.79. The van der Waals surface area contributed by atoms with E-state index in [1.165, 1.54) is 0 Å². The van der Waals surface area contributed by atoms with Crippen LogP contribution < -0.4 is 10.1 Å². The first-order chi connectivity index (χ1) is 7.81. The Balaban J connectivity index is 2.16. The van der Waals surface area contributed by atoms with Crippen LogP contribution in [0.5, 0.6) is 5.75 Å². The summed E-state index contributed by atoms with van der Waals surface area (Å²) in [5, 5.41) is 3.46. The molecular weight excluding hydrogens is 202 g/mol. The van der Waals surface area contributed by atoms with E-state index in [1.54, 1.807) is 7.11 Å². The van der Waals surface area contributed by atoms with Gasteiger partial charge in [-0.05, 0) is 19.4 Å². The lowest BCUT2D eigenvalue weighted by Gasteiger charge is -2.18. The molecule has 0 bridgehead atoms. The second-order valence-corrected chi connectivity index (χ2v) is 4.20. The lowest BCUT2D eigenvalue weighted by atomic mass is 10.1. The van der Waals surface area contributed by atoms with Crippen LogP contribution in [0, 0.1) is 0 Å². The maximum atomic E-state index is 5.86. The highest BCUT2D eigenvalue weighted by molar-refractivity contribution is 5.35. The largest absolute Gasteiger partial charge is 0.496 e. The van der Waals surface area contributed by atoms with Crippen molar-refractivity contribution in [2.75, 3.05) is 20.3 Å². The number of para-hydroxylation sites is 1. The van der Waals surface area contributed by atoms with Gasteiger partial charge in [0.1, 0.15) is 5.75 Å². The van der Waals surface area contributed by atoms with Gasteiger partial charge in [0.05, 0.1) is 13.2 Å². The van der Waals surface area contributed by atoms with Crippen LogP contribution in [0.25, 0.3) is 0 Å². The highest BCUT2D eigenvalue weighted by Crippen LogP contribution is 2.28. The summed E-state index contributed by atoms with van der Waals surface area (Å²) in [6.45, 7) is 3.84. The monoisotopic (exact) mass is 221 g/mol. The quantitative estimate of drug-likeness (QED) is 0.830. The van der Waals surface area contributed by atoms with Crippen LogP contribution in [0.15, 0.2) is 24.3 Å². The van der Waals surface area contributed by atoms with Crippen molar-refractivity contribution < 1.29 is 9.47 Å². The standard InChI is InChI=1S/C13H19NO2/c1-10-7-8-16-13(9-14-10)11-5-3-4-6-12(11)15-2/h3-6,10,13-14H,7-9H2,1-2H3. The van der Waals surface area contributed by atoms with Crippen LogP contribution >= 0.6 is 0 Å². The van der Waals surface area contributed by atoms with E-state index in [0.29, 0.717) is 6.04 Å². The summed E-state index contributed by atoms with van der Waals surface area (Å²) >= 11 is 0. The van der Waals surface area contributed by atoms with Gasteiger partial charge < -0.3 is 14.8 Å². The van der Waals surface area contributed by atoms with Crippen LogP contribution in [0.1, 0.15) is 25.0 Å².